The molecule has 1 fully saturated rings. The number of hydrogen-bond donors (Lipinski definition) is 0. The molecule has 0 saturated carbocycles. The summed E-state index contributed by atoms with van der Waals surface area (Å²) in [6.45, 7) is 2.45. The van der Waals surface area contributed by atoms with Crippen LogP contribution in [0.25, 0.3) is 0 Å². The van der Waals surface area contributed by atoms with Gasteiger partial charge in [-0.25, -0.2) is 13.4 Å². The monoisotopic (exact) mass is 543 g/mol. The average Bonchev–Trinajstić information content (AvgIpc) is 2.90. The number of amidine groups is 1. The minimum atomic E-state index is -3.86. The van der Waals surface area contributed by atoms with Gasteiger partial charge in [0.05, 0.1) is 23.4 Å². The number of methoxy groups -OCH3 is 1. The SMILES string of the molecule is COc1ccccc1N(C)S(=O)(=O)c1ccc(C(=O)N2CCCSC2=Nc2ccc(C)c(Cl)c2)cc1. The van der Waals surface area contributed by atoms with E-state index in [-0.39, 0.29) is 10.8 Å². The van der Waals surface area contributed by atoms with Crippen molar-refractivity contribution in [1.29, 1.82) is 0 Å². The predicted molar refractivity (Wildman–Crippen MR) is 146 cm³/mol. The quantitative estimate of drug-likeness (QED) is 0.395. The lowest BCUT2D eigenvalue weighted by atomic mass is 10.2. The summed E-state index contributed by atoms with van der Waals surface area (Å²) in [6, 6.07) is 18.4. The molecule has 1 amide bonds. The number of amides is 1. The number of carbonyl (C=O) groups excluding carboxylic acids is 1. The molecule has 0 atom stereocenters. The van der Waals surface area contributed by atoms with E-state index in [0.29, 0.717) is 39.4 Å². The zero-order chi connectivity index (χ0) is 25.9. The van der Waals surface area contributed by atoms with Crippen LogP contribution in [0.2, 0.25) is 5.02 Å². The topological polar surface area (TPSA) is 79.3 Å². The Bertz CT molecular complexity index is 1410. The van der Waals surface area contributed by atoms with Gasteiger partial charge in [0.25, 0.3) is 15.9 Å². The van der Waals surface area contributed by atoms with Crippen molar-refractivity contribution in [2.75, 3.05) is 30.8 Å². The molecule has 1 heterocycles. The minimum Gasteiger partial charge on any atom is -0.495 e. The van der Waals surface area contributed by atoms with E-state index in [1.54, 1.807) is 35.2 Å². The molecule has 36 heavy (non-hydrogen) atoms. The van der Waals surface area contributed by atoms with E-state index in [0.717, 1.165) is 17.7 Å². The van der Waals surface area contributed by atoms with Gasteiger partial charge >= 0.3 is 0 Å². The number of benzene rings is 3. The molecule has 0 unspecified atom stereocenters. The zero-order valence-corrected chi connectivity index (χ0v) is 22.5. The average molecular weight is 544 g/mol. The molecule has 1 aliphatic heterocycles. The molecule has 10 heteroatoms. The maximum atomic E-state index is 13.4. The lowest BCUT2D eigenvalue weighted by Crippen LogP contribution is -2.39. The molecule has 7 nitrogen and oxygen atoms in total. The number of nitrogens with zero attached hydrogens (tertiary/aromatic N) is 3. The Kier molecular flexibility index (Phi) is 7.92. The lowest BCUT2D eigenvalue weighted by molar-refractivity contribution is 0.0849. The summed E-state index contributed by atoms with van der Waals surface area (Å²) in [7, 11) is -0.904. The molecule has 0 spiro atoms. The fourth-order valence-electron chi connectivity index (χ4n) is 3.71. The molecule has 0 N–H and O–H groups in total. The number of halogens is 1. The number of hydrogen-bond acceptors (Lipinski definition) is 6. The third kappa shape index (κ3) is 5.38. The molecule has 188 valence electrons. The van der Waals surface area contributed by atoms with E-state index in [1.165, 1.54) is 54.5 Å². The Hall–Kier alpha value is -3.01. The third-order valence-electron chi connectivity index (χ3n) is 5.80. The number of thioether (sulfide) groups is 1. The highest BCUT2D eigenvalue weighted by Gasteiger charge is 2.27. The minimum absolute atomic E-state index is 0.0728. The van der Waals surface area contributed by atoms with Crippen molar-refractivity contribution >= 4 is 55.8 Å². The van der Waals surface area contributed by atoms with Crippen LogP contribution in [0.3, 0.4) is 0 Å². The number of para-hydroxylation sites is 2. The van der Waals surface area contributed by atoms with Crippen LogP contribution in [-0.4, -0.2) is 50.8 Å². The number of aliphatic imine (C=N–C) groups is 1. The number of carbonyl (C=O) groups is 1. The van der Waals surface area contributed by atoms with Crippen LogP contribution in [0, 0.1) is 6.92 Å². The normalized spacial score (nSPS) is 15.1. The van der Waals surface area contributed by atoms with Gasteiger partial charge in [0.15, 0.2) is 5.17 Å². The Balaban J connectivity index is 1.58. The van der Waals surface area contributed by atoms with E-state index < -0.39 is 10.0 Å². The largest absolute Gasteiger partial charge is 0.495 e. The summed E-state index contributed by atoms with van der Waals surface area (Å²) in [5.41, 5.74) is 2.43. The second kappa shape index (κ2) is 10.9. The van der Waals surface area contributed by atoms with Crippen LogP contribution in [0.15, 0.2) is 76.6 Å². The molecule has 3 aromatic carbocycles. The van der Waals surface area contributed by atoms with Gasteiger partial charge in [-0.2, -0.15) is 0 Å². The van der Waals surface area contributed by atoms with Crippen LogP contribution < -0.4 is 9.04 Å². The predicted octanol–water partition coefficient (Wildman–Crippen LogP) is 5.75. The van der Waals surface area contributed by atoms with Crippen LogP contribution in [0.1, 0.15) is 22.3 Å². The van der Waals surface area contributed by atoms with Crippen molar-refractivity contribution < 1.29 is 17.9 Å². The van der Waals surface area contributed by atoms with Gasteiger partial charge in [-0.15, -0.1) is 0 Å². The number of anilines is 1. The summed E-state index contributed by atoms with van der Waals surface area (Å²) in [5, 5.41) is 1.21. The summed E-state index contributed by atoms with van der Waals surface area (Å²) < 4.78 is 32.9. The Labute approximate surface area is 220 Å². The highest BCUT2D eigenvalue weighted by atomic mass is 35.5. The van der Waals surface area contributed by atoms with Gasteiger partial charge < -0.3 is 4.74 Å². The molecule has 1 saturated heterocycles. The molecular weight excluding hydrogens is 518 g/mol. The van der Waals surface area contributed by atoms with Gasteiger partial charge in [0, 0.05) is 29.9 Å². The van der Waals surface area contributed by atoms with Gasteiger partial charge in [0.2, 0.25) is 0 Å². The molecule has 1 aliphatic rings. The summed E-state index contributed by atoms with van der Waals surface area (Å²) in [5.74, 6) is 1.06. The molecule has 3 aromatic rings. The molecular formula is C26H26ClN3O4S2. The number of ether oxygens (including phenoxy) is 1. The Morgan fingerprint density at radius 2 is 1.83 bits per heavy atom. The van der Waals surface area contributed by atoms with E-state index in [9.17, 15) is 13.2 Å². The standard InChI is InChI=1S/C26H26ClN3O4S2/c1-18-9-12-20(17-22(18)27)28-26-30(15-6-16-35-26)25(31)19-10-13-21(14-11-19)36(32,33)29(2)23-7-4-5-8-24(23)34-3/h4-5,7-14,17H,6,15-16H2,1-3H3. The third-order valence-corrected chi connectivity index (χ3v) is 9.05. The van der Waals surface area contributed by atoms with E-state index in [1.807, 2.05) is 19.1 Å². The summed E-state index contributed by atoms with van der Waals surface area (Å²) in [4.78, 5) is 19.7. The van der Waals surface area contributed by atoms with Crippen molar-refractivity contribution in [2.45, 2.75) is 18.2 Å². The van der Waals surface area contributed by atoms with Gasteiger partial charge in [-0.3, -0.25) is 14.0 Å². The Morgan fingerprint density at radius 3 is 2.53 bits per heavy atom. The first-order valence-electron chi connectivity index (χ1n) is 11.2. The maximum Gasteiger partial charge on any atom is 0.264 e. The van der Waals surface area contributed by atoms with Crippen molar-refractivity contribution in [3.8, 4) is 5.75 Å². The maximum absolute atomic E-state index is 13.4. The zero-order valence-electron chi connectivity index (χ0n) is 20.1. The van der Waals surface area contributed by atoms with Crippen LogP contribution >= 0.6 is 23.4 Å². The summed E-state index contributed by atoms with van der Waals surface area (Å²) in [6.07, 6.45) is 0.834. The van der Waals surface area contributed by atoms with E-state index in [4.69, 9.17) is 16.3 Å². The molecule has 4 rings (SSSR count). The Morgan fingerprint density at radius 1 is 1.11 bits per heavy atom. The fourth-order valence-corrected chi connectivity index (χ4v) is 6.04. The first-order chi connectivity index (χ1) is 17.2. The number of rotatable bonds is 6. The van der Waals surface area contributed by atoms with Crippen molar-refractivity contribution in [3.05, 3.63) is 82.9 Å². The fraction of sp³-hybridized carbons (Fsp3) is 0.231. The molecule has 0 bridgehead atoms. The highest BCUT2D eigenvalue weighted by molar-refractivity contribution is 8.13. The number of sulfonamides is 1. The van der Waals surface area contributed by atoms with Crippen LogP contribution in [-0.2, 0) is 10.0 Å². The van der Waals surface area contributed by atoms with Crippen LogP contribution in [0.5, 0.6) is 5.75 Å². The second-order valence-corrected chi connectivity index (χ2v) is 11.6. The van der Waals surface area contributed by atoms with Crippen molar-refractivity contribution in [3.63, 3.8) is 0 Å². The van der Waals surface area contributed by atoms with Crippen LogP contribution in [0.4, 0.5) is 11.4 Å². The van der Waals surface area contributed by atoms with Crippen molar-refractivity contribution in [2.24, 2.45) is 4.99 Å². The molecule has 0 aromatic heterocycles. The first-order valence-corrected chi connectivity index (χ1v) is 14.0. The van der Waals surface area contributed by atoms with Gasteiger partial charge in [-0.05, 0) is 67.4 Å². The van der Waals surface area contributed by atoms with E-state index >= 15 is 0 Å². The molecule has 0 radical (unpaired) electrons. The van der Waals surface area contributed by atoms with Gasteiger partial charge in [-0.1, -0.05) is 41.6 Å². The van der Waals surface area contributed by atoms with Gasteiger partial charge in [0.1, 0.15) is 5.75 Å². The molecule has 0 aliphatic carbocycles. The van der Waals surface area contributed by atoms with Crippen molar-refractivity contribution in [1.82, 2.24) is 4.90 Å². The first kappa shape index (κ1) is 26.1. The lowest BCUT2D eigenvalue weighted by Gasteiger charge is -2.28. The van der Waals surface area contributed by atoms with E-state index in [2.05, 4.69) is 4.99 Å². The number of aryl methyl sites for hydroxylation is 1. The summed E-state index contributed by atoms with van der Waals surface area (Å²) >= 11 is 7.75. The smallest absolute Gasteiger partial charge is 0.264 e. The second-order valence-electron chi connectivity index (χ2n) is 8.16. The highest BCUT2D eigenvalue weighted by Crippen LogP contribution is 2.31.